The van der Waals surface area contributed by atoms with Crippen LogP contribution < -0.4 is 63.8 Å². The van der Waals surface area contributed by atoms with Gasteiger partial charge in [0.05, 0.1) is 38.4 Å². The van der Waals surface area contributed by atoms with Crippen LogP contribution in [0.4, 0.5) is 4.79 Å². The van der Waals surface area contributed by atoms with Gasteiger partial charge in [-0.25, -0.2) is 4.79 Å². The highest BCUT2D eigenvalue weighted by Crippen LogP contribution is 2.34. The summed E-state index contributed by atoms with van der Waals surface area (Å²) in [5.41, 5.74) is 0. The predicted octanol–water partition coefficient (Wildman–Crippen LogP) is -8.87. The van der Waals surface area contributed by atoms with E-state index in [0.29, 0.717) is 38.3 Å². The number of carbonyl (C=O) groups excluding carboxylic acids is 13. The number of urea groups is 1. The number of aliphatic hydroxyl groups is 7. The molecule has 40 heteroatoms. The van der Waals surface area contributed by atoms with E-state index in [1.807, 2.05) is 0 Å². The first-order chi connectivity index (χ1) is 48.6. The van der Waals surface area contributed by atoms with Crippen molar-refractivity contribution in [2.45, 2.75) is 245 Å². The van der Waals surface area contributed by atoms with Crippen LogP contribution in [0.15, 0.2) is 5.16 Å². The van der Waals surface area contributed by atoms with Crippen LogP contribution in [0.2, 0.25) is 0 Å². The molecular formula is C62H99N15O24S. The van der Waals surface area contributed by atoms with E-state index < -0.39 is 201 Å². The molecule has 0 aromatic rings. The van der Waals surface area contributed by atoms with Gasteiger partial charge in [-0.3, -0.25) is 57.5 Å². The lowest BCUT2D eigenvalue weighted by atomic mass is 9.97. The molecule has 7 heterocycles. The number of rotatable bonds is 22. The molecule has 0 unspecified atom stereocenters. The third-order valence-corrected chi connectivity index (χ3v) is 20.1. The number of carbonyl (C=O) groups is 13. The van der Waals surface area contributed by atoms with Crippen LogP contribution >= 0.6 is 11.8 Å². The van der Waals surface area contributed by atoms with Crippen molar-refractivity contribution in [2.75, 3.05) is 58.2 Å². The Hall–Kier alpha value is -7.67. The Morgan fingerprint density at radius 1 is 0.559 bits per heavy atom. The zero-order valence-corrected chi connectivity index (χ0v) is 58.1. The summed E-state index contributed by atoms with van der Waals surface area (Å²) in [7, 11) is 0. The van der Waals surface area contributed by atoms with Crippen LogP contribution in [0.3, 0.4) is 0 Å². The summed E-state index contributed by atoms with van der Waals surface area (Å²) in [6.07, 6.45) is -12.4. The minimum atomic E-state index is -1.96. The number of hydrogen-bond donors (Lipinski definition) is 19. The molecule has 7 rings (SSSR count). The van der Waals surface area contributed by atoms with Crippen LogP contribution in [0.5, 0.6) is 0 Å². The van der Waals surface area contributed by atoms with Crippen LogP contribution in [0.1, 0.15) is 118 Å². The molecule has 0 spiro atoms. The van der Waals surface area contributed by atoms with Crippen LogP contribution in [-0.4, -0.2) is 314 Å². The standard InChI is InChI=1S/C62H99N15O24S/c1-29-53(90)73-34(14-8-9-19-63-41(80)18-6-5-17-40-45-35(28-102-40)74-62(97)75-45)55(92)71-32(4)59(96)77-22-12-16-37(77)57(94)66-24-44(83)72-33(54(91)69-30(2)52(89)70-31(3)58(95)76-21-11-15-36(76)56(93)65-23-43(82)68-29)13-7-10-20-64-42(81)25-67-101-61-50(88)48(86)51(39(27-79)99-61)100-60-49(87)47(85)46(84)38(26-78)98-60/h25,29-40,45-51,60-61,78-79,84-88H,5-24,26-28H2,1-4H3,(H,63,80)(H,64,81)(H,65,93)(H,66,94)(H,68,82)(H,69,91)(H,70,89)(H,71,92)(H,72,83)(H,73,90)(H2,74,75,97)/b67-25+/t29-,30-,31-,32-,33-,34-,35-,36-,37-,38+,39+,40-,45-,46-,47-,48+,49+,50+,51+,60-,61-/m0/s1. The number of aliphatic hydroxyl groups excluding tert-OH is 7. The highest BCUT2D eigenvalue weighted by Gasteiger charge is 2.52. The third-order valence-electron chi connectivity index (χ3n) is 18.6. The molecular weight excluding hydrogens is 1370 g/mol. The van der Waals surface area contributed by atoms with E-state index in [-0.39, 0.29) is 100 Å². The van der Waals surface area contributed by atoms with Gasteiger partial charge >= 0.3 is 6.03 Å². The van der Waals surface area contributed by atoms with Gasteiger partial charge in [0.1, 0.15) is 103 Å². The molecule has 7 fully saturated rings. The van der Waals surface area contributed by atoms with E-state index in [0.717, 1.165) is 18.6 Å². The van der Waals surface area contributed by atoms with Crippen molar-refractivity contribution in [1.29, 1.82) is 0 Å². The summed E-state index contributed by atoms with van der Waals surface area (Å²) < 4.78 is 16.3. The van der Waals surface area contributed by atoms with E-state index in [2.05, 4.69) is 69.0 Å². The number of nitrogens with zero attached hydrogens (tertiary/aromatic N) is 3. The number of unbranched alkanes of at least 4 members (excludes halogenated alkanes) is 3. The zero-order chi connectivity index (χ0) is 74.5. The first-order valence-corrected chi connectivity index (χ1v) is 35.6. The highest BCUT2D eigenvalue weighted by molar-refractivity contribution is 8.00. The van der Waals surface area contributed by atoms with Gasteiger partial charge in [-0.2, -0.15) is 11.8 Å². The van der Waals surface area contributed by atoms with Crippen molar-refractivity contribution in [2.24, 2.45) is 5.16 Å². The van der Waals surface area contributed by atoms with Crippen molar-refractivity contribution in [3.63, 3.8) is 0 Å². The Bertz CT molecular complexity index is 3000. The second-order valence-corrected chi connectivity index (χ2v) is 27.6. The Kier molecular flexibility index (Phi) is 31.4. The molecule has 102 heavy (non-hydrogen) atoms. The average Bonchev–Trinajstić information content (AvgIpc) is 1.76. The summed E-state index contributed by atoms with van der Waals surface area (Å²) in [5.74, 6) is -7.95. The molecule has 19 N–H and O–H groups in total. The lowest BCUT2D eigenvalue weighted by Crippen LogP contribution is -2.64. The second-order valence-electron chi connectivity index (χ2n) is 26.3. The fraction of sp³-hybridized carbons (Fsp3) is 0.774. The van der Waals surface area contributed by atoms with E-state index in [1.54, 1.807) is 11.8 Å². The fourth-order valence-corrected chi connectivity index (χ4v) is 14.4. The molecule has 7 aliphatic heterocycles. The number of ether oxygens (including phenoxy) is 3. The van der Waals surface area contributed by atoms with Gasteiger partial charge in [0.15, 0.2) is 6.29 Å². The molecule has 0 saturated carbocycles. The van der Waals surface area contributed by atoms with Crippen molar-refractivity contribution >= 4 is 94.9 Å². The van der Waals surface area contributed by atoms with Crippen LogP contribution in [0.25, 0.3) is 0 Å². The molecule has 39 nitrogen and oxygen atoms in total. The Morgan fingerprint density at radius 2 is 1.08 bits per heavy atom. The predicted molar refractivity (Wildman–Crippen MR) is 353 cm³/mol. The van der Waals surface area contributed by atoms with Gasteiger partial charge in [-0.15, -0.1) is 0 Å². The maximum atomic E-state index is 14.1. The minimum Gasteiger partial charge on any atom is -0.394 e. The summed E-state index contributed by atoms with van der Waals surface area (Å²) >= 11 is 1.79. The smallest absolute Gasteiger partial charge is 0.315 e. The zero-order valence-electron chi connectivity index (χ0n) is 57.3. The largest absolute Gasteiger partial charge is 0.394 e. The Labute approximate surface area is 591 Å². The summed E-state index contributed by atoms with van der Waals surface area (Å²) in [6.45, 7) is 2.77. The molecule has 0 aromatic heterocycles. The summed E-state index contributed by atoms with van der Waals surface area (Å²) in [6, 6.07) is -9.98. The van der Waals surface area contributed by atoms with Crippen molar-refractivity contribution < 1.29 is 117 Å². The van der Waals surface area contributed by atoms with E-state index in [4.69, 9.17) is 19.0 Å². The van der Waals surface area contributed by atoms with Gasteiger partial charge < -0.3 is 128 Å². The molecule has 7 aliphatic rings. The first kappa shape index (κ1) is 81.6. The van der Waals surface area contributed by atoms with E-state index in [9.17, 15) is 98.1 Å². The monoisotopic (exact) mass is 1470 g/mol. The lowest BCUT2D eigenvalue weighted by molar-refractivity contribution is -0.359. The molecule has 0 aromatic carbocycles. The number of thioether (sulfide) groups is 1. The molecule has 0 bridgehead atoms. The third kappa shape index (κ3) is 22.7. The molecule has 7 saturated heterocycles. The van der Waals surface area contributed by atoms with Gasteiger partial charge in [0.25, 0.3) is 12.2 Å². The summed E-state index contributed by atoms with van der Waals surface area (Å²) in [4.78, 5) is 182. The number of fused-ring (bicyclic) bond motifs is 3. The second kappa shape index (κ2) is 39.3. The number of amides is 14. The fourth-order valence-electron chi connectivity index (χ4n) is 12.8. The number of nitrogens with one attached hydrogen (secondary N) is 12. The summed E-state index contributed by atoms with van der Waals surface area (Å²) in [5, 5.41) is 107. The maximum absolute atomic E-state index is 14.1. The first-order valence-electron chi connectivity index (χ1n) is 34.6. The quantitative estimate of drug-likeness (QED) is 0.0207. The van der Waals surface area contributed by atoms with Crippen LogP contribution in [-0.2, 0) is 76.6 Å². The van der Waals surface area contributed by atoms with Gasteiger partial charge in [0, 0.05) is 43.6 Å². The Morgan fingerprint density at radius 3 is 1.69 bits per heavy atom. The van der Waals surface area contributed by atoms with Crippen molar-refractivity contribution in [3.8, 4) is 0 Å². The minimum absolute atomic E-state index is 0.0129. The van der Waals surface area contributed by atoms with Gasteiger partial charge in [-0.1, -0.05) is 11.6 Å². The normalized spacial score (nSPS) is 34.5. The van der Waals surface area contributed by atoms with E-state index >= 15 is 0 Å². The molecule has 21 atom stereocenters. The van der Waals surface area contributed by atoms with Crippen molar-refractivity contribution in [1.82, 2.24) is 73.6 Å². The van der Waals surface area contributed by atoms with Crippen LogP contribution in [0, 0.1) is 0 Å². The average molecular weight is 1470 g/mol. The van der Waals surface area contributed by atoms with Crippen molar-refractivity contribution in [3.05, 3.63) is 0 Å². The highest BCUT2D eigenvalue weighted by atomic mass is 32.2. The molecule has 572 valence electrons. The SMILES string of the molecule is C[C@@H]1NC(=O)CNC(=O)[C@@H]2CCCN2C(=O)[C@H](C)NC(=O)[C@H](C)NC(=O)[C@H](CCCCNC(=O)/C=N/O[C@@H]2O[C@H](CO)[C@@H](O[C@@H]3O[C@H](CO)[C@H](O)[C@H](O)[C@H]3O)[C@H](O)[C@H]2O)NC(=O)CNC(=O)[C@@H]2CCCN2C(=O)[C@H](C)NC(=O)[C@H](CCCCNC(=O)CCCC[C@@H]2SC[C@@H]3NC(=O)N[C@@H]32)NC1=O. The molecule has 0 aliphatic carbocycles. The molecule has 0 radical (unpaired) electrons. The number of oxime groups is 1. The van der Waals surface area contributed by atoms with E-state index in [1.165, 1.54) is 37.5 Å². The number of hydrogen-bond acceptors (Lipinski definition) is 26. The molecule has 14 amide bonds. The maximum Gasteiger partial charge on any atom is 0.315 e. The van der Waals surface area contributed by atoms with Gasteiger partial charge in [-0.05, 0) is 105 Å². The Balaban J connectivity index is 0.945. The van der Waals surface area contributed by atoms with Gasteiger partial charge in [0.2, 0.25) is 65.0 Å². The topological polar surface area (TPSA) is 564 Å². The lowest BCUT2D eigenvalue weighted by Gasteiger charge is -2.45.